The number of carbonyl (C=O) groups excluding carboxylic acids is 2. The van der Waals surface area contributed by atoms with E-state index in [0.717, 1.165) is 21.8 Å². The fourth-order valence-corrected chi connectivity index (χ4v) is 5.46. The molecule has 1 aromatic heterocycles. The molecular formula is C28H27FN4O2S. The first-order valence-corrected chi connectivity index (χ1v) is 12.8. The van der Waals surface area contributed by atoms with E-state index in [4.69, 9.17) is 4.98 Å². The summed E-state index contributed by atoms with van der Waals surface area (Å²) < 4.78 is 14.2. The van der Waals surface area contributed by atoms with Crippen molar-refractivity contribution in [2.45, 2.75) is 19.8 Å². The van der Waals surface area contributed by atoms with Crippen LogP contribution in [0.5, 0.6) is 0 Å². The van der Waals surface area contributed by atoms with Crippen molar-refractivity contribution in [1.82, 2.24) is 9.88 Å². The third-order valence-electron chi connectivity index (χ3n) is 6.40. The van der Waals surface area contributed by atoms with Crippen LogP contribution in [0.4, 0.5) is 15.8 Å². The summed E-state index contributed by atoms with van der Waals surface area (Å²) in [7, 11) is 0. The van der Waals surface area contributed by atoms with Gasteiger partial charge in [0.05, 0.1) is 16.8 Å². The van der Waals surface area contributed by atoms with Crippen LogP contribution in [0.15, 0.2) is 66.7 Å². The second-order valence-corrected chi connectivity index (χ2v) is 10.2. The lowest BCUT2D eigenvalue weighted by molar-refractivity contribution is -0.121. The summed E-state index contributed by atoms with van der Waals surface area (Å²) in [6.07, 6.45) is 1.39. The SMILES string of the molecule is Cc1ccc2nc(-c3ccc(NC(=O)C4CCN(CC(=O)Nc5ccc(F)cc5)CC4)cc3)sc2c1. The smallest absolute Gasteiger partial charge is 0.238 e. The molecule has 36 heavy (non-hydrogen) atoms. The molecule has 6 nitrogen and oxygen atoms in total. The predicted octanol–water partition coefficient (Wildman–Crippen LogP) is 5.70. The molecule has 4 aromatic rings. The number of hydrogen-bond acceptors (Lipinski definition) is 5. The lowest BCUT2D eigenvalue weighted by Gasteiger charge is -2.30. The zero-order valence-electron chi connectivity index (χ0n) is 20.0. The van der Waals surface area contributed by atoms with Gasteiger partial charge in [-0.3, -0.25) is 14.5 Å². The van der Waals surface area contributed by atoms with E-state index < -0.39 is 0 Å². The third-order valence-corrected chi connectivity index (χ3v) is 7.46. The number of nitrogens with zero attached hydrogens (tertiary/aromatic N) is 2. The minimum Gasteiger partial charge on any atom is -0.326 e. The Balaban J connectivity index is 1.11. The normalized spacial score (nSPS) is 14.6. The maximum atomic E-state index is 13.0. The van der Waals surface area contributed by atoms with E-state index in [1.165, 1.54) is 34.5 Å². The van der Waals surface area contributed by atoms with Crippen LogP contribution in [-0.4, -0.2) is 41.3 Å². The minimum absolute atomic E-state index is 0.00799. The number of piperidine rings is 1. The first kappa shape index (κ1) is 24.1. The Bertz CT molecular complexity index is 1380. The Hall–Kier alpha value is -3.62. The molecule has 0 unspecified atom stereocenters. The summed E-state index contributed by atoms with van der Waals surface area (Å²) in [5.41, 5.74) is 4.58. The minimum atomic E-state index is -0.340. The van der Waals surface area contributed by atoms with Crippen LogP contribution in [0.25, 0.3) is 20.8 Å². The maximum Gasteiger partial charge on any atom is 0.238 e. The van der Waals surface area contributed by atoms with Crippen LogP contribution >= 0.6 is 11.3 Å². The predicted molar refractivity (Wildman–Crippen MR) is 143 cm³/mol. The van der Waals surface area contributed by atoms with E-state index in [2.05, 4.69) is 29.7 Å². The average Bonchev–Trinajstić information content (AvgIpc) is 3.29. The Morgan fingerprint density at radius 3 is 2.36 bits per heavy atom. The van der Waals surface area contributed by atoms with Crippen LogP contribution in [0.1, 0.15) is 18.4 Å². The molecule has 2 amide bonds. The van der Waals surface area contributed by atoms with Gasteiger partial charge in [-0.1, -0.05) is 6.07 Å². The van der Waals surface area contributed by atoms with Crippen molar-refractivity contribution in [3.8, 4) is 10.6 Å². The number of aromatic nitrogens is 1. The van der Waals surface area contributed by atoms with Gasteiger partial charge in [0.1, 0.15) is 10.8 Å². The number of rotatable bonds is 6. The van der Waals surface area contributed by atoms with Gasteiger partial charge in [-0.05, 0) is 99.1 Å². The molecule has 8 heteroatoms. The highest BCUT2D eigenvalue weighted by molar-refractivity contribution is 7.21. The maximum absolute atomic E-state index is 13.0. The van der Waals surface area contributed by atoms with Gasteiger partial charge in [0.2, 0.25) is 11.8 Å². The monoisotopic (exact) mass is 502 g/mol. The van der Waals surface area contributed by atoms with Gasteiger partial charge >= 0.3 is 0 Å². The second kappa shape index (κ2) is 10.6. The molecule has 0 saturated carbocycles. The number of fused-ring (bicyclic) bond motifs is 1. The van der Waals surface area contributed by atoms with Gasteiger partial charge in [-0.2, -0.15) is 0 Å². The Labute approximate surface area is 213 Å². The molecule has 2 heterocycles. The van der Waals surface area contributed by atoms with Gasteiger partial charge in [-0.25, -0.2) is 9.37 Å². The summed E-state index contributed by atoms with van der Waals surface area (Å²) in [6, 6.07) is 19.8. The van der Waals surface area contributed by atoms with Crippen LogP contribution < -0.4 is 10.6 Å². The zero-order chi connectivity index (χ0) is 25.1. The molecule has 5 rings (SSSR count). The van der Waals surface area contributed by atoms with Crippen molar-refractivity contribution in [2.24, 2.45) is 5.92 Å². The largest absolute Gasteiger partial charge is 0.326 e. The van der Waals surface area contributed by atoms with Gasteiger partial charge in [-0.15, -0.1) is 11.3 Å². The number of thiazole rings is 1. The second-order valence-electron chi connectivity index (χ2n) is 9.16. The summed E-state index contributed by atoms with van der Waals surface area (Å²) in [4.78, 5) is 31.9. The molecule has 1 saturated heterocycles. The van der Waals surface area contributed by atoms with Crippen molar-refractivity contribution < 1.29 is 14.0 Å². The number of hydrogen-bond donors (Lipinski definition) is 2. The topological polar surface area (TPSA) is 74.3 Å². The van der Waals surface area contributed by atoms with E-state index in [1.54, 1.807) is 11.3 Å². The van der Waals surface area contributed by atoms with Gasteiger partial charge < -0.3 is 10.6 Å². The molecule has 3 aromatic carbocycles. The molecular weight excluding hydrogens is 475 g/mol. The molecule has 0 bridgehead atoms. The number of carbonyl (C=O) groups is 2. The molecule has 0 atom stereocenters. The lowest BCUT2D eigenvalue weighted by Crippen LogP contribution is -2.41. The Morgan fingerprint density at radius 1 is 0.972 bits per heavy atom. The van der Waals surface area contributed by atoms with Crippen molar-refractivity contribution in [3.05, 3.63) is 78.1 Å². The summed E-state index contributed by atoms with van der Waals surface area (Å²) in [5, 5.41) is 6.77. The quantitative estimate of drug-likeness (QED) is 0.355. The molecule has 2 N–H and O–H groups in total. The first-order chi connectivity index (χ1) is 17.4. The Kier molecular flexibility index (Phi) is 7.06. The van der Waals surface area contributed by atoms with Crippen LogP contribution in [0, 0.1) is 18.7 Å². The number of amides is 2. The van der Waals surface area contributed by atoms with E-state index >= 15 is 0 Å². The fraction of sp³-hybridized carbons (Fsp3) is 0.250. The fourth-order valence-electron chi connectivity index (χ4n) is 4.39. The molecule has 184 valence electrons. The Morgan fingerprint density at radius 2 is 1.64 bits per heavy atom. The summed E-state index contributed by atoms with van der Waals surface area (Å²) >= 11 is 1.67. The van der Waals surface area contributed by atoms with E-state index in [-0.39, 0.29) is 30.1 Å². The van der Waals surface area contributed by atoms with E-state index in [9.17, 15) is 14.0 Å². The number of likely N-dealkylation sites (tertiary alicyclic amines) is 1. The van der Waals surface area contributed by atoms with E-state index in [1.807, 2.05) is 35.2 Å². The van der Waals surface area contributed by atoms with Crippen molar-refractivity contribution in [2.75, 3.05) is 30.3 Å². The zero-order valence-corrected chi connectivity index (χ0v) is 20.8. The van der Waals surface area contributed by atoms with Gasteiger partial charge in [0.25, 0.3) is 0 Å². The molecule has 0 aliphatic carbocycles. The number of anilines is 2. The third kappa shape index (κ3) is 5.78. The van der Waals surface area contributed by atoms with Gasteiger partial charge in [0.15, 0.2) is 0 Å². The molecule has 1 aliphatic rings. The molecule has 0 radical (unpaired) electrons. The van der Waals surface area contributed by atoms with E-state index in [0.29, 0.717) is 31.6 Å². The number of nitrogens with one attached hydrogen (secondary N) is 2. The van der Waals surface area contributed by atoms with Crippen LogP contribution in [0.2, 0.25) is 0 Å². The van der Waals surface area contributed by atoms with Gasteiger partial charge in [0, 0.05) is 22.9 Å². The standard InChI is InChI=1S/C28H27FN4O2S/c1-18-2-11-24-25(16-18)36-28(32-24)20-3-7-23(8-4-20)31-27(35)19-12-14-33(15-13-19)17-26(34)30-22-9-5-21(29)6-10-22/h2-11,16,19H,12-15,17H2,1H3,(H,30,34)(H,31,35). The highest BCUT2D eigenvalue weighted by Crippen LogP contribution is 2.31. The highest BCUT2D eigenvalue weighted by atomic mass is 32.1. The summed E-state index contributed by atoms with van der Waals surface area (Å²) in [5.74, 6) is -0.567. The molecule has 1 aliphatic heterocycles. The number of halogens is 1. The average molecular weight is 503 g/mol. The summed E-state index contributed by atoms with van der Waals surface area (Å²) in [6.45, 7) is 3.67. The van der Waals surface area contributed by atoms with Crippen LogP contribution in [0.3, 0.4) is 0 Å². The molecule has 1 fully saturated rings. The van der Waals surface area contributed by atoms with Crippen LogP contribution in [-0.2, 0) is 9.59 Å². The van der Waals surface area contributed by atoms with Crippen molar-refractivity contribution >= 4 is 44.7 Å². The number of benzene rings is 3. The van der Waals surface area contributed by atoms with Crippen molar-refractivity contribution in [3.63, 3.8) is 0 Å². The molecule has 0 spiro atoms. The first-order valence-electron chi connectivity index (χ1n) is 12.0. The number of aryl methyl sites for hydroxylation is 1. The van der Waals surface area contributed by atoms with Crippen molar-refractivity contribution in [1.29, 1.82) is 0 Å². The highest BCUT2D eigenvalue weighted by Gasteiger charge is 2.26. The lowest BCUT2D eigenvalue weighted by atomic mass is 9.95.